The normalized spacial score (nSPS) is 21.7. The van der Waals surface area contributed by atoms with E-state index in [1.807, 2.05) is 24.3 Å². The molecule has 2 aliphatic heterocycles. The quantitative estimate of drug-likeness (QED) is 0.318. The molecule has 2 aliphatic rings. The smallest absolute Gasteiger partial charge is 0.255 e. The minimum atomic E-state index is -1.26. The molecule has 0 aliphatic carbocycles. The minimum absolute atomic E-state index is 0.0467. The minimum Gasteiger partial charge on any atom is -0.491 e. The van der Waals surface area contributed by atoms with Crippen LogP contribution in [0, 0.1) is 0 Å². The third-order valence-electron chi connectivity index (χ3n) is 6.85. The zero-order valence-electron chi connectivity index (χ0n) is 23.1. The van der Waals surface area contributed by atoms with Crippen molar-refractivity contribution in [3.8, 4) is 5.75 Å². The van der Waals surface area contributed by atoms with Crippen molar-refractivity contribution in [1.82, 2.24) is 26.2 Å². The van der Waals surface area contributed by atoms with Gasteiger partial charge in [-0.15, -0.1) is 0 Å². The number of aliphatic hydroxyl groups excluding tert-OH is 1. The fourth-order valence-corrected chi connectivity index (χ4v) is 4.66. The average Bonchev–Trinajstić information content (AvgIpc) is 2.96. The highest BCUT2D eigenvalue weighted by Gasteiger charge is 2.30. The van der Waals surface area contributed by atoms with Crippen LogP contribution in [0.4, 0.5) is 0 Å². The highest BCUT2D eigenvalue weighted by molar-refractivity contribution is 6.01. The van der Waals surface area contributed by atoms with E-state index in [4.69, 9.17) is 9.47 Å². The average molecular weight is 568 g/mol. The molecule has 0 aromatic heterocycles. The highest BCUT2D eigenvalue weighted by atomic mass is 16.5. The molecule has 2 aromatic rings. The summed E-state index contributed by atoms with van der Waals surface area (Å²) in [5, 5.41) is 20.6. The molecule has 1 fully saturated rings. The third-order valence-corrected chi connectivity index (χ3v) is 6.85. The SMILES string of the molecule is C[C@@H](O)[C@@H]1NC(=O)C[C@@H](C(=O)NCc2cccc(CN3CCOCC3)c2)NC(=O)c2ccccc2OCCNC1=O. The number of ether oxygens (including phenoxy) is 2. The van der Waals surface area contributed by atoms with Crippen LogP contribution in [0.25, 0.3) is 0 Å². The highest BCUT2D eigenvalue weighted by Crippen LogP contribution is 2.18. The van der Waals surface area contributed by atoms with Gasteiger partial charge in [0.25, 0.3) is 5.91 Å². The number of benzene rings is 2. The Morgan fingerprint density at radius 1 is 1.05 bits per heavy atom. The van der Waals surface area contributed by atoms with Gasteiger partial charge in [0.15, 0.2) is 0 Å². The molecule has 41 heavy (non-hydrogen) atoms. The van der Waals surface area contributed by atoms with Gasteiger partial charge in [0.1, 0.15) is 24.4 Å². The Morgan fingerprint density at radius 3 is 2.59 bits per heavy atom. The maximum absolute atomic E-state index is 13.3. The fraction of sp³-hybridized carbons (Fsp3) is 0.448. The van der Waals surface area contributed by atoms with E-state index < -0.39 is 48.2 Å². The summed E-state index contributed by atoms with van der Waals surface area (Å²) in [6, 6.07) is 11.9. The van der Waals surface area contributed by atoms with Crippen LogP contribution in [0.5, 0.6) is 5.75 Å². The van der Waals surface area contributed by atoms with Gasteiger partial charge < -0.3 is 35.8 Å². The van der Waals surface area contributed by atoms with E-state index in [2.05, 4.69) is 26.2 Å². The Morgan fingerprint density at radius 2 is 1.80 bits per heavy atom. The van der Waals surface area contributed by atoms with Crippen molar-refractivity contribution in [2.75, 3.05) is 39.5 Å². The van der Waals surface area contributed by atoms with Gasteiger partial charge in [-0.1, -0.05) is 36.4 Å². The summed E-state index contributed by atoms with van der Waals surface area (Å²) in [7, 11) is 0. The molecule has 220 valence electrons. The van der Waals surface area contributed by atoms with E-state index in [0.29, 0.717) is 13.2 Å². The summed E-state index contributed by atoms with van der Waals surface area (Å²) in [5.74, 6) is -2.17. The van der Waals surface area contributed by atoms with E-state index in [0.717, 1.165) is 30.8 Å². The maximum Gasteiger partial charge on any atom is 0.255 e. The molecule has 4 amide bonds. The first-order valence-corrected chi connectivity index (χ1v) is 13.7. The first-order valence-electron chi connectivity index (χ1n) is 13.7. The van der Waals surface area contributed by atoms with Gasteiger partial charge in [-0.2, -0.15) is 0 Å². The molecule has 0 bridgehead atoms. The van der Waals surface area contributed by atoms with Crippen LogP contribution in [0.2, 0.25) is 0 Å². The van der Waals surface area contributed by atoms with Gasteiger partial charge in [0.05, 0.1) is 37.8 Å². The number of nitrogens with one attached hydrogen (secondary N) is 4. The molecule has 5 N–H and O–H groups in total. The first kappa shape index (κ1) is 30.0. The Labute approximate surface area is 238 Å². The molecule has 3 atom stereocenters. The van der Waals surface area contributed by atoms with Crippen molar-refractivity contribution >= 4 is 23.6 Å². The predicted molar refractivity (Wildman–Crippen MR) is 149 cm³/mol. The molecule has 2 heterocycles. The molecular weight excluding hydrogens is 530 g/mol. The molecular formula is C29H37N5O7. The molecule has 0 unspecified atom stereocenters. The van der Waals surface area contributed by atoms with Gasteiger partial charge in [-0.3, -0.25) is 24.1 Å². The number of morpholine rings is 1. The molecule has 4 rings (SSSR count). The van der Waals surface area contributed by atoms with Crippen LogP contribution in [0.1, 0.15) is 34.8 Å². The third kappa shape index (κ3) is 8.74. The number of hydrogen-bond acceptors (Lipinski definition) is 8. The number of aliphatic hydroxyl groups is 1. The van der Waals surface area contributed by atoms with Crippen molar-refractivity contribution in [1.29, 1.82) is 0 Å². The van der Waals surface area contributed by atoms with E-state index >= 15 is 0 Å². The molecule has 0 radical (unpaired) electrons. The lowest BCUT2D eigenvalue weighted by Gasteiger charge is -2.26. The van der Waals surface area contributed by atoms with Crippen molar-refractivity contribution < 1.29 is 33.8 Å². The topological polar surface area (TPSA) is 158 Å². The van der Waals surface area contributed by atoms with Crippen LogP contribution in [0.3, 0.4) is 0 Å². The summed E-state index contributed by atoms with van der Waals surface area (Å²) in [6.45, 7) is 5.58. The van der Waals surface area contributed by atoms with E-state index in [1.165, 1.54) is 6.92 Å². The number of amides is 4. The van der Waals surface area contributed by atoms with E-state index in [-0.39, 0.29) is 31.0 Å². The standard InChI is InChI=1S/C29H37N5O7/c1-19(35)26-29(39)30-9-12-41-24-8-3-2-7-22(24)27(37)32-23(16-25(36)33-26)28(38)31-17-20-5-4-6-21(15-20)18-34-10-13-40-14-11-34/h2-8,15,19,23,26,35H,9-14,16-18H2,1H3,(H,30,39)(H,31,38)(H,32,37)(H,33,36)/t19-,23+,26+/m1/s1. The number of carbonyl (C=O) groups is 4. The van der Waals surface area contributed by atoms with Gasteiger partial charge in [-0.05, 0) is 30.2 Å². The molecule has 2 aromatic carbocycles. The summed E-state index contributed by atoms with van der Waals surface area (Å²) in [6.07, 6.45) is -1.64. The maximum atomic E-state index is 13.3. The number of fused-ring (bicyclic) bond motifs is 1. The number of hydrogen-bond donors (Lipinski definition) is 5. The molecule has 12 nitrogen and oxygen atoms in total. The van der Waals surface area contributed by atoms with Crippen molar-refractivity contribution in [3.63, 3.8) is 0 Å². The number of rotatable bonds is 6. The van der Waals surface area contributed by atoms with E-state index in [1.54, 1.807) is 24.3 Å². The van der Waals surface area contributed by atoms with Crippen LogP contribution >= 0.6 is 0 Å². The number of nitrogens with zero attached hydrogens (tertiary/aromatic N) is 1. The Kier molecular flexibility index (Phi) is 10.7. The largest absolute Gasteiger partial charge is 0.491 e. The van der Waals surface area contributed by atoms with Crippen LogP contribution < -0.4 is 26.0 Å². The van der Waals surface area contributed by atoms with Crippen LogP contribution in [-0.4, -0.2) is 91.3 Å². The lowest BCUT2D eigenvalue weighted by molar-refractivity contribution is -0.133. The zero-order valence-corrected chi connectivity index (χ0v) is 23.1. The second-order valence-corrected chi connectivity index (χ2v) is 10.1. The van der Waals surface area contributed by atoms with Gasteiger partial charge >= 0.3 is 0 Å². The van der Waals surface area contributed by atoms with Gasteiger partial charge in [-0.25, -0.2) is 0 Å². The van der Waals surface area contributed by atoms with Gasteiger partial charge in [0, 0.05) is 26.2 Å². The van der Waals surface area contributed by atoms with Crippen molar-refractivity contribution in [2.24, 2.45) is 0 Å². The molecule has 1 saturated heterocycles. The van der Waals surface area contributed by atoms with Crippen LogP contribution in [-0.2, 0) is 32.2 Å². The Bertz CT molecular complexity index is 1230. The first-order chi connectivity index (χ1) is 19.8. The van der Waals surface area contributed by atoms with E-state index in [9.17, 15) is 24.3 Å². The summed E-state index contributed by atoms with van der Waals surface area (Å²) >= 11 is 0. The lowest BCUT2D eigenvalue weighted by atomic mass is 10.1. The number of carbonyl (C=O) groups excluding carboxylic acids is 4. The molecule has 0 saturated carbocycles. The number of para-hydroxylation sites is 1. The van der Waals surface area contributed by atoms with Crippen LogP contribution in [0.15, 0.2) is 48.5 Å². The monoisotopic (exact) mass is 567 g/mol. The van der Waals surface area contributed by atoms with Crippen molar-refractivity contribution in [3.05, 3.63) is 65.2 Å². The lowest BCUT2D eigenvalue weighted by Crippen LogP contribution is -2.55. The predicted octanol–water partition coefficient (Wildman–Crippen LogP) is -0.302. The van der Waals surface area contributed by atoms with Gasteiger partial charge in [0.2, 0.25) is 17.7 Å². The van der Waals surface area contributed by atoms with Crippen molar-refractivity contribution in [2.45, 2.75) is 44.6 Å². The molecule has 0 spiro atoms. The molecule has 12 heteroatoms. The fourth-order valence-electron chi connectivity index (χ4n) is 4.66. The summed E-state index contributed by atoms with van der Waals surface area (Å²) in [5.41, 5.74) is 2.15. The Balaban J connectivity index is 1.48. The zero-order chi connectivity index (χ0) is 29.2. The second-order valence-electron chi connectivity index (χ2n) is 10.1. The summed E-state index contributed by atoms with van der Waals surface area (Å²) in [4.78, 5) is 54.3. The second kappa shape index (κ2) is 14.6. The summed E-state index contributed by atoms with van der Waals surface area (Å²) < 4.78 is 11.1. The Hall–Kier alpha value is -4.00.